The van der Waals surface area contributed by atoms with Crippen LogP contribution in [-0.4, -0.2) is 63.6 Å². The molecular weight excluding hydrogens is 622 g/mol. The summed E-state index contributed by atoms with van der Waals surface area (Å²) in [5.41, 5.74) is 1.64. The number of piperidine rings is 2. The van der Waals surface area contributed by atoms with Crippen molar-refractivity contribution >= 4 is 22.9 Å². The van der Waals surface area contributed by atoms with E-state index in [2.05, 4.69) is 22.0 Å². The molecule has 1 saturated carbocycles. The number of pyridine rings is 1. The van der Waals surface area contributed by atoms with Crippen molar-refractivity contribution in [2.24, 2.45) is 5.92 Å². The van der Waals surface area contributed by atoms with Gasteiger partial charge in [-0.15, -0.1) is 0 Å². The van der Waals surface area contributed by atoms with E-state index in [-0.39, 0.29) is 17.6 Å². The molecule has 0 atom stereocenters. The molecule has 2 saturated heterocycles. The van der Waals surface area contributed by atoms with E-state index >= 15 is 8.78 Å². The zero-order chi connectivity index (χ0) is 34.7. The average molecular weight is 671 g/mol. The van der Waals surface area contributed by atoms with Crippen LogP contribution in [-0.2, 0) is 0 Å². The molecule has 10 heteroatoms. The molecule has 0 radical (unpaired) electrons. The van der Waals surface area contributed by atoms with E-state index in [9.17, 15) is 9.59 Å². The Morgan fingerprint density at radius 2 is 1.53 bits per heavy atom. The molecule has 1 N–H and O–H groups in total. The second-order valence-electron chi connectivity index (χ2n) is 13.6. The lowest BCUT2D eigenvalue weighted by molar-refractivity contribution is 0.0938. The molecule has 0 unspecified atom stereocenters. The van der Waals surface area contributed by atoms with Crippen LogP contribution in [0.4, 0.5) is 14.7 Å². The molecule has 7 rings (SSSR count). The number of fused-ring (bicyclic) bond motifs is 1. The number of likely N-dealkylation sites (tertiary alicyclic amines) is 1. The highest BCUT2D eigenvalue weighted by Gasteiger charge is 2.29. The fraction of sp³-hybridized carbons (Fsp3) is 0.487. The Hall–Kier alpha value is -4.18. The van der Waals surface area contributed by atoms with E-state index in [0.717, 1.165) is 92.9 Å². The number of hydrogen-bond acceptors (Lipinski definition) is 6. The highest BCUT2D eigenvalue weighted by atomic mass is 19.1. The number of anilines is 1. The molecular formula is C39H48F2N6O2. The Balaban J connectivity index is 0.00000205. The van der Waals surface area contributed by atoms with Gasteiger partial charge in [-0.25, -0.2) is 13.8 Å². The fourth-order valence-corrected chi connectivity index (χ4v) is 7.55. The Morgan fingerprint density at radius 3 is 2.20 bits per heavy atom. The summed E-state index contributed by atoms with van der Waals surface area (Å²) >= 11 is 0. The highest BCUT2D eigenvalue weighted by molar-refractivity contribution is 5.98. The molecule has 2 aromatic carbocycles. The molecule has 2 aromatic heterocycles. The van der Waals surface area contributed by atoms with Gasteiger partial charge in [0.05, 0.1) is 5.69 Å². The number of benzene rings is 2. The first-order chi connectivity index (χ1) is 23.8. The normalized spacial score (nSPS) is 18.0. The molecule has 1 aliphatic carbocycles. The van der Waals surface area contributed by atoms with E-state index in [0.29, 0.717) is 34.2 Å². The molecule has 3 aliphatic rings. The van der Waals surface area contributed by atoms with Gasteiger partial charge in [0.15, 0.2) is 5.65 Å². The first-order valence-electron chi connectivity index (χ1n) is 18.1. The van der Waals surface area contributed by atoms with Crippen molar-refractivity contribution in [3.8, 4) is 16.9 Å². The van der Waals surface area contributed by atoms with Crippen LogP contribution in [0.5, 0.6) is 0 Å². The summed E-state index contributed by atoms with van der Waals surface area (Å²) in [7, 11) is 0. The first kappa shape index (κ1) is 34.7. The Morgan fingerprint density at radius 1 is 0.857 bits per heavy atom. The van der Waals surface area contributed by atoms with Gasteiger partial charge < -0.3 is 15.1 Å². The Bertz CT molecular complexity index is 1830. The van der Waals surface area contributed by atoms with E-state index < -0.39 is 22.9 Å². The monoisotopic (exact) mass is 670 g/mol. The van der Waals surface area contributed by atoms with Crippen molar-refractivity contribution in [2.75, 3.05) is 31.1 Å². The molecule has 4 aromatic rings. The molecule has 2 aliphatic heterocycles. The van der Waals surface area contributed by atoms with Crippen LogP contribution in [0.15, 0.2) is 53.3 Å². The number of para-hydroxylation sites is 1. The van der Waals surface area contributed by atoms with Crippen molar-refractivity contribution in [1.29, 1.82) is 0 Å². The number of halogens is 2. The third-order valence-electron chi connectivity index (χ3n) is 10.4. The van der Waals surface area contributed by atoms with Gasteiger partial charge in [0.2, 0.25) is 5.95 Å². The van der Waals surface area contributed by atoms with Crippen molar-refractivity contribution in [3.63, 3.8) is 0 Å². The van der Waals surface area contributed by atoms with Crippen LogP contribution in [0.1, 0.15) is 88.1 Å². The number of nitrogens with one attached hydrogen (secondary N) is 1. The minimum absolute atomic E-state index is 0.119. The number of nitrogens with zero attached hydrogens (tertiary/aromatic N) is 5. The standard InChI is InChI=1S/C37H42F2N6O2.C2H6/c1-23-14-18-43(19-15-23)27-16-20-44(21-17-27)37-41-33(29-22-25(11-10-24(29)2)36(47)40-26-6-3-4-7-26)28-12-13-32(46)45(35(28)42-37)34-30(38)8-5-9-31(34)39;1-2/h5,8-13,22-23,26-27H,3-4,6-7,14-21H2,1-2H3,(H,40,47);1-2H3. The number of carbonyl (C=O) groups excluding carboxylic acids is 1. The van der Waals surface area contributed by atoms with Crippen molar-refractivity contribution in [1.82, 2.24) is 24.8 Å². The summed E-state index contributed by atoms with van der Waals surface area (Å²) in [5, 5.41) is 3.63. The molecule has 3 fully saturated rings. The number of aryl methyl sites for hydroxylation is 1. The van der Waals surface area contributed by atoms with Gasteiger partial charge in [-0.3, -0.25) is 14.2 Å². The maximum absolute atomic E-state index is 15.2. The third kappa shape index (κ3) is 7.25. The lowest BCUT2D eigenvalue weighted by Crippen LogP contribution is -2.48. The SMILES string of the molecule is CC.Cc1ccc(C(=O)NC2CCCC2)cc1-c1nc(N2CCC(N3CCC(C)CC3)CC2)nc2c1ccc(=O)n2-c1c(F)cccc1F. The summed E-state index contributed by atoms with van der Waals surface area (Å²) in [4.78, 5) is 41.4. The summed E-state index contributed by atoms with van der Waals surface area (Å²) in [6.07, 6.45) is 8.51. The molecule has 0 spiro atoms. The number of hydrogen-bond donors (Lipinski definition) is 1. The van der Waals surface area contributed by atoms with Gasteiger partial charge in [0.25, 0.3) is 11.5 Å². The molecule has 260 valence electrons. The maximum atomic E-state index is 15.2. The molecule has 8 nitrogen and oxygen atoms in total. The lowest BCUT2D eigenvalue weighted by atomic mass is 9.95. The van der Waals surface area contributed by atoms with Crippen LogP contribution < -0.4 is 15.8 Å². The Labute approximate surface area is 287 Å². The summed E-state index contributed by atoms with van der Waals surface area (Å²) in [6, 6.07) is 12.6. The van der Waals surface area contributed by atoms with Crippen molar-refractivity contribution in [3.05, 3.63) is 81.6 Å². The second kappa shape index (κ2) is 15.2. The second-order valence-corrected chi connectivity index (χ2v) is 13.6. The van der Waals surface area contributed by atoms with Gasteiger partial charge in [-0.2, -0.15) is 4.98 Å². The zero-order valence-corrected chi connectivity index (χ0v) is 29.1. The highest BCUT2D eigenvalue weighted by Crippen LogP contribution is 2.34. The summed E-state index contributed by atoms with van der Waals surface area (Å²) in [6.45, 7) is 11.9. The van der Waals surface area contributed by atoms with E-state index in [1.54, 1.807) is 6.07 Å². The van der Waals surface area contributed by atoms with Crippen LogP contribution in [0.2, 0.25) is 0 Å². The van der Waals surface area contributed by atoms with Crippen LogP contribution >= 0.6 is 0 Å². The van der Waals surface area contributed by atoms with E-state index in [4.69, 9.17) is 9.97 Å². The molecule has 4 heterocycles. The summed E-state index contributed by atoms with van der Waals surface area (Å²) in [5.74, 6) is -0.700. The van der Waals surface area contributed by atoms with Crippen LogP contribution in [0.3, 0.4) is 0 Å². The first-order valence-corrected chi connectivity index (χ1v) is 18.1. The predicted molar refractivity (Wildman–Crippen MR) is 192 cm³/mol. The quantitative estimate of drug-likeness (QED) is 0.230. The van der Waals surface area contributed by atoms with Crippen molar-refractivity contribution < 1.29 is 13.6 Å². The molecule has 1 amide bonds. The van der Waals surface area contributed by atoms with E-state index in [1.807, 2.05) is 39.0 Å². The van der Waals surface area contributed by atoms with Gasteiger partial charge >= 0.3 is 0 Å². The minimum Gasteiger partial charge on any atom is -0.349 e. The van der Waals surface area contributed by atoms with Gasteiger partial charge in [0, 0.05) is 47.8 Å². The minimum atomic E-state index is -0.861. The fourth-order valence-electron chi connectivity index (χ4n) is 7.55. The number of aromatic nitrogens is 3. The number of amides is 1. The smallest absolute Gasteiger partial charge is 0.256 e. The topological polar surface area (TPSA) is 83.4 Å². The van der Waals surface area contributed by atoms with Crippen molar-refractivity contribution in [2.45, 2.75) is 91.1 Å². The largest absolute Gasteiger partial charge is 0.349 e. The van der Waals surface area contributed by atoms with Gasteiger partial charge in [-0.1, -0.05) is 45.7 Å². The number of rotatable bonds is 6. The number of carbonyl (C=O) groups is 1. The van der Waals surface area contributed by atoms with Gasteiger partial charge in [0.1, 0.15) is 17.3 Å². The average Bonchev–Trinajstić information content (AvgIpc) is 3.63. The van der Waals surface area contributed by atoms with Crippen LogP contribution in [0, 0.1) is 24.5 Å². The summed E-state index contributed by atoms with van der Waals surface area (Å²) < 4.78 is 31.5. The molecule has 0 bridgehead atoms. The lowest BCUT2D eigenvalue weighted by Gasteiger charge is -2.41. The predicted octanol–water partition coefficient (Wildman–Crippen LogP) is 7.43. The van der Waals surface area contributed by atoms with Gasteiger partial charge in [-0.05, 0) is 100 Å². The molecule has 49 heavy (non-hydrogen) atoms. The zero-order valence-electron chi connectivity index (χ0n) is 29.1. The third-order valence-corrected chi connectivity index (χ3v) is 10.4. The maximum Gasteiger partial charge on any atom is 0.256 e. The van der Waals surface area contributed by atoms with Crippen LogP contribution in [0.25, 0.3) is 28.0 Å². The Kier molecular flexibility index (Phi) is 10.7. The van der Waals surface area contributed by atoms with E-state index in [1.165, 1.54) is 25.0 Å².